The summed E-state index contributed by atoms with van der Waals surface area (Å²) in [6, 6.07) is 6.33. The standard InChI is InChI=1S/C17H7F8NO/c18-11-10(12(19)14(21)15(22)13(11)20)16(27,17(23,24)25)8-5-7-3-1-2-4-9(7)26-6-8/h1-6,27H/t16-/m0/s1. The van der Waals surface area contributed by atoms with Gasteiger partial charge in [0.05, 0.1) is 11.1 Å². The van der Waals surface area contributed by atoms with Gasteiger partial charge in [0, 0.05) is 17.1 Å². The van der Waals surface area contributed by atoms with Crippen LogP contribution in [-0.2, 0) is 5.60 Å². The van der Waals surface area contributed by atoms with Gasteiger partial charge in [0.2, 0.25) is 11.4 Å². The first kappa shape index (κ1) is 19.0. The molecule has 1 N–H and O–H groups in total. The van der Waals surface area contributed by atoms with Gasteiger partial charge in [0.15, 0.2) is 23.3 Å². The molecule has 0 aliphatic heterocycles. The number of pyridine rings is 1. The first-order valence-electron chi connectivity index (χ1n) is 7.16. The van der Waals surface area contributed by atoms with E-state index in [0.29, 0.717) is 12.3 Å². The van der Waals surface area contributed by atoms with Crippen molar-refractivity contribution in [1.82, 2.24) is 4.98 Å². The minimum atomic E-state index is -5.84. The first-order chi connectivity index (χ1) is 12.5. The van der Waals surface area contributed by atoms with Gasteiger partial charge in [-0.15, -0.1) is 0 Å². The average Bonchev–Trinajstić information content (AvgIpc) is 2.63. The van der Waals surface area contributed by atoms with Crippen molar-refractivity contribution in [2.45, 2.75) is 11.8 Å². The van der Waals surface area contributed by atoms with Gasteiger partial charge in [-0.05, 0) is 12.1 Å². The molecular formula is C17H7F8NO. The van der Waals surface area contributed by atoms with Crippen molar-refractivity contribution in [2.24, 2.45) is 0 Å². The van der Waals surface area contributed by atoms with E-state index in [1.54, 1.807) is 0 Å². The number of fused-ring (bicyclic) bond motifs is 1. The highest BCUT2D eigenvalue weighted by atomic mass is 19.4. The van der Waals surface area contributed by atoms with E-state index in [2.05, 4.69) is 4.98 Å². The maximum Gasteiger partial charge on any atom is 0.426 e. The Morgan fingerprint density at radius 2 is 1.30 bits per heavy atom. The van der Waals surface area contributed by atoms with E-state index < -0.39 is 52.0 Å². The fourth-order valence-electron chi connectivity index (χ4n) is 2.64. The average molecular weight is 393 g/mol. The number of hydrogen-bond acceptors (Lipinski definition) is 2. The summed E-state index contributed by atoms with van der Waals surface area (Å²) in [5.41, 5.74) is -7.99. The number of aliphatic hydroxyl groups is 1. The first-order valence-corrected chi connectivity index (χ1v) is 7.16. The summed E-state index contributed by atoms with van der Waals surface area (Å²) in [7, 11) is 0. The van der Waals surface area contributed by atoms with Gasteiger partial charge < -0.3 is 5.11 Å². The van der Waals surface area contributed by atoms with E-state index in [4.69, 9.17) is 0 Å². The number of hydrogen-bond donors (Lipinski definition) is 1. The Morgan fingerprint density at radius 3 is 1.85 bits per heavy atom. The van der Waals surface area contributed by atoms with Gasteiger partial charge in [-0.1, -0.05) is 18.2 Å². The van der Waals surface area contributed by atoms with Gasteiger partial charge in [-0.25, -0.2) is 22.0 Å². The fraction of sp³-hybridized carbons (Fsp3) is 0.118. The third-order valence-electron chi connectivity index (χ3n) is 3.99. The summed E-state index contributed by atoms with van der Waals surface area (Å²) in [6.07, 6.45) is -5.39. The third-order valence-corrected chi connectivity index (χ3v) is 3.99. The summed E-state index contributed by atoms with van der Waals surface area (Å²) in [6.45, 7) is 0. The van der Waals surface area contributed by atoms with Crippen molar-refractivity contribution < 1.29 is 40.2 Å². The smallest absolute Gasteiger partial charge is 0.372 e. The monoisotopic (exact) mass is 393 g/mol. The maximum absolute atomic E-state index is 14.0. The molecule has 142 valence electrons. The van der Waals surface area contributed by atoms with Crippen LogP contribution in [0.3, 0.4) is 0 Å². The van der Waals surface area contributed by atoms with E-state index in [9.17, 15) is 40.2 Å². The number of aromatic nitrogens is 1. The van der Waals surface area contributed by atoms with E-state index in [1.165, 1.54) is 24.3 Å². The van der Waals surface area contributed by atoms with Crippen LogP contribution < -0.4 is 0 Å². The maximum atomic E-state index is 14.0. The number of para-hydroxylation sites is 1. The second-order valence-corrected chi connectivity index (χ2v) is 5.57. The van der Waals surface area contributed by atoms with Crippen LogP contribution in [0.25, 0.3) is 10.9 Å². The van der Waals surface area contributed by atoms with E-state index in [0.717, 1.165) is 0 Å². The molecule has 1 aromatic heterocycles. The molecule has 0 spiro atoms. The molecule has 10 heteroatoms. The van der Waals surface area contributed by atoms with Gasteiger partial charge in [0.1, 0.15) is 0 Å². The van der Waals surface area contributed by atoms with Crippen LogP contribution in [-0.4, -0.2) is 16.3 Å². The van der Waals surface area contributed by atoms with Crippen LogP contribution in [0, 0.1) is 29.1 Å². The zero-order valence-corrected chi connectivity index (χ0v) is 12.9. The normalized spacial score (nSPS) is 14.4. The van der Waals surface area contributed by atoms with Crippen molar-refractivity contribution in [3.05, 3.63) is 76.7 Å². The molecule has 0 bridgehead atoms. The molecule has 3 rings (SSSR count). The Labute approximate surface area is 145 Å². The Balaban J connectivity index is 2.42. The summed E-state index contributed by atoms with van der Waals surface area (Å²) < 4.78 is 109. The van der Waals surface area contributed by atoms with Crippen LogP contribution >= 0.6 is 0 Å². The molecule has 0 fully saturated rings. The topological polar surface area (TPSA) is 33.1 Å². The summed E-state index contributed by atoms with van der Waals surface area (Å²) >= 11 is 0. The van der Waals surface area contributed by atoms with Crippen LogP contribution in [0.15, 0.2) is 36.5 Å². The lowest BCUT2D eigenvalue weighted by Gasteiger charge is -2.32. The quantitative estimate of drug-likeness (QED) is 0.388. The second-order valence-electron chi connectivity index (χ2n) is 5.57. The number of halogens is 8. The predicted molar refractivity (Wildman–Crippen MR) is 77.0 cm³/mol. The molecular weight excluding hydrogens is 386 g/mol. The molecule has 1 heterocycles. The zero-order valence-electron chi connectivity index (χ0n) is 12.9. The van der Waals surface area contributed by atoms with Crippen molar-refractivity contribution in [3.8, 4) is 0 Å². The molecule has 0 saturated carbocycles. The Morgan fingerprint density at radius 1 is 0.778 bits per heavy atom. The highest BCUT2D eigenvalue weighted by Crippen LogP contribution is 2.47. The molecule has 0 saturated heterocycles. The summed E-state index contributed by atoms with van der Waals surface area (Å²) in [5.74, 6) is -13.4. The zero-order chi connectivity index (χ0) is 20.1. The predicted octanol–water partition coefficient (Wildman–Crippen LogP) is 4.73. The molecule has 0 unspecified atom stereocenters. The van der Waals surface area contributed by atoms with E-state index in [1.807, 2.05) is 0 Å². The summed E-state index contributed by atoms with van der Waals surface area (Å²) in [4.78, 5) is 3.64. The minimum Gasteiger partial charge on any atom is -0.372 e. The lowest BCUT2D eigenvalue weighted by Crippen LogP contribution is -2.45. The number of alkyl halides is 3. The number of benzene rings is 2. The third kappa shape index (κ3) is 2.71. The molecule has 0 aliphatic carbocycles. The van der Waals surface area contributed by atoms with Crippen LogP contribution in [0.4, 0.5) is 35.1 Å². The SMILES string of the molecule is O[C@@](c1cnc2ccccc2c1)(c1c(F)c(F)c(F)c(F)c1F)C(F)(F)F. The number of rotatable bonds is 2. The van der Waals surface area contributed by atoms with Crippen molar-refractivity contribution in [1.29, 1.82) is 0 Å². The van der Waals surface area contributed by atoms with Crippen LogP contribution in [0.1, 0.15) is 11.1 Å². The van der Waals surface area contributed by atoms with Crippen molar-refractivity contribution >= 4 is 10.9 Å². The molecule has 0 aliphatic rings. The number of nitrogens with zero attached hydrogens (tertiary/aromatic N) is 1. The van der Waals surface area contributed by atoms with Gasteiger partial charge in [0.25, 0.3) is 0 Å². The van der Waals surface area contributed by atoms with E-state index >= 15 is 0 Å². The molecule has 0 amide bonds. The van der Waals surface area contributed by atoms with Crippen molar-refractivity contribution in [2.75, 3.05) is 0 Å². The Bertz CT molecular complexity index is 1020. The minimum absolute atomic E-state index is 0.0431. The van der Waals surface area contributed by atoms with Gasteiger partial charge >= 0.3 is 6.18 Å². The van der Waals surface area contributed by atoms with Gasteiger partial charge in [-0.3, -0.25) is 4.98 Å². The largest absolute Gasteiger partial charge is 0.426 e. The Hall–Kier alpha value is -2.75. The molecule has 2 nitrogen and oxygen atoms in total. The Kier molecular flexibility index (Phi) is 4.34. The molecule has 27 heavy (non-hydrogen) atoms. The molecule has 0 radical (unpaired) electrons. The van der Waals surface area contributed by atoms with Gasteiger partial charge in [-0.2, -0.15) is 13.2 Å². The van der Waals surface area contributed by atoms with Crippen LogP contribution in [0.2, 0.25) is 0 Å². The van der Waals surface area contributed by atoms with Crippen molar-refractivity contribution in [3.63, 3.8) is 0 Å². The molecule has 3 aromatic rings. The lowest BCUT2D eigenvalue weighted by molar-refractivity contribution is -0.250. The lowest BCUT2D eigenvalue weighted by atomic mass is 9.85. The highest BCUT2D eigenvalue weighted by Gasteiger charge is 2.60. The molecule has 2 aromatic carbocycles. The highest BCUT2D eigenvalue weighted by molar-refractivity contribution is 5.79. The van der Waals surface area contributed by atoms with E-state index in [-0.39, 0.29) is 10.9 Å². The fourth-order valence-corrected chi connectivity index (χ4v) is 2.64. The van der Waals surface area contributed by atoms with Crippen LogP contribution in [0.5, 0.6) is 0 Å². The summed E-state index contributed by atoms with van der Waals surface area (Å²) in [5, 5.41) is 10.3. The second kappa shape index (κ2) is 6.15. The molecule has 1 atom stereocenters.